The summed E-state index contributed by atoms with van der Waals surface area (Å²) in [6.45, 7) is 0. The zero-order valence-corrected chi connectivity index (χ0v) is 9.47. The van der Waals surface area contributed by atoms with Crippen LogP contribution in [0.1, 0.15) is 36.2 Å². The van der Waals surface area contributed by atoms with E-state index in [1.54, 1.807) is 5.38 Å². The molecule has 1 aliphatic carbocycles. The number of ether oxygens (including phenoxy) is 1. The number of rotatable bonds is 3. The number of methoxy groups -OCH3 is 1. The minimum atomic E-state index is -0.370. The minimum Gasteiger partial charge on any atom is -0.464 e. The number of hydrogen-bond donors (Lipinski definition) is 1. The molecule has 2 rings (SSSR count). The predicted octanol–water partition coefficient (Wildman–Crippen LogP) is 2.28. The van der Waals surface area contributed by atoms with Crippen LogP contribution in [0, 0.1) is 0 Å². The smallest absolute Gasteiger partial charge is 0.357 e. The van der Waals surface area contributed by atoms with Crippen molar-refractivity contribution < 1.29 is 9.53 Å². The third-order valence-corrected chi connectivity index (χ3v) is 3.35. The summed E-state index contributed by atoms with van der Waals surface area (Å²) in [6, 6.07) is 0.529. The lowest BCUT2D eigenvalue weighted by molar-refractivity contribution is 0.0595. The number of nitrogens with zero attached hydrogens (tertiary/aromatic N) is 1. The van der Waals surface area contributed by atoms with Crippen LogP contribution in [0.3, 0.4) is 0 Å². The summed E-state index contributed by atoms with van der Waals surface area (Å²) in [6.07, 6.45) is 4.97. The Bertz CT molecular complexity index is 345. The van der Waals surface area contributed by atoms with E-state index in [0.717, 1.165) is 5.13 Å². The molecule has 82 valence electrons. The topological polar surface area (TPSA) is 51.2 Å². The molecule has 5 heteroatoms. The summed E-state index contributed by atoms with van der Waals surface area (Å²) in [5, 5.41) is 5.89. The fourth-order valence-electron chi connectivity index (χ4n) is 1.78. The molecule has 0 radical (unpaired) electrons. The average molecular weight is 226 g/mol. The number of nitrogens with one attached hydrogen (secondary N) is 1. The predicted molar refractivity (Wildman–Crippen MR) is 59.3 cm³/mol. The van der Waals surface area contributed by atoms with Crippen molar-refractivity contribution in [1.82, 2.24) is 4.98 Å². The highest BCUT2D eigenvalue weighted by Crippen LogP contribution is 2.24. The summed E-state index contributed by atoms with van der Waals surface area (Å²) in [7, 11) is 1.37. The van der Waals surface area contributed by atoms with E-state index in [2.05, 4.69) is 15.0 Å². The van der Waals surface area contributed by atoms with Gasteiger partial charge in [0.1, 0.15) is 0 Å². The van der Waals surface area contributed by atoms with Crippen molar-refractivity contribution in [3.05, 3.63) is 11.1 Å². The first-order chi connectivity index (χ1) is 7.29. The molecule has 0 bridgehead atoms. The first-order valence-corrected chi connectivity index (χ1v) is 5.98. The first kappa shape index (κ1) is 10.4. The monoisotopic (exact) mass is 226 g/mol. The molecule has 1 fully saturated rings. The van der Waals surface area contributed by atoms with E-state index in [9.17, 15) is 4.79 Å². The second-order valence-corrected chi connectivity index (χ2v) is 4.51. The second kappa shape index (κ2) is 4.61. The summed E-state index contributed by atoms with van der Waals surface area (Å²) < 4.78 is 4.60. The van der Waals surface area contributed by atoms with Crippen LogP contribution in [0.15, 0.2) is 5.38 Å². The first-order valence-electron chi connectivity index (χ1n) is 5.10. The average Bonchev–Trinajstić information content (AvgIpc) is 2.88. The number of carbonyl (C=O) groups is 1. The van der Waals surface area contributed by atoms with Gasteiger partial charge in [0.05, 0.1) is 7.11 Å². The van der Waals surface area contributed by atoms with E-state index in [-0.39, 0.29) is 5.97 Å². The van der Waals surface area contributed by atoms with E-state index >= 15 is 0 Å². The number of thiazole rings is 1. The van der Waals surface area contributed by atoms with Gasteiger partial charge in [-0.15, -0.1) is 11.3 Å². The van der Waals surface area contributed by atoms with Gasteiger partial charge in [0.2, 0.25) is 0 Å². The Morgan fingerprint density at radius 2 is 2.33 bits per heavy atom. The van der Waals surface area contributed by atoms with Crippen molar-refractivity contribution in [2.75, 3.05) is 12.4 Å². The molecule has 0 atom stereocenters. The lowest BCUT2D eigenvalue weighted by Gasteiger charge is -2.09. The van der Waals surface area contributed by atoms with Gasteiger partial charge < -0.3 is 10.1 Å². The largest absolute Gasteiger partial charge is 0.464 e. The highest BCUT2D eigenvalue weighted by atomic mass is 32.1. The van der Waals surface area contributed by atoms with Crippen LogP contribution < -0.4 is 5.32 Å². The second-order valence-electron chi connectivity index (χ2n) is 3.66. The number of hydrogen-bond acceptors (Lipinski definition) is 5. The number of carbonyl (C=O) groups excluding carboxylic acids is 1. The van der Waals surface area contributed by atoms with Crippen molar-refractivity contribution in [1.29, 1.82) is 0 Å². The summed E-state index contributed by atoms with van der Waals surface area (Å²) in [4.78, 5) is 15.3. The Morgan fingerprint density at radius 3 is 3.00 bits per heavy atom. The van der Waals surface area contributed by atoms with Crippen molar-refractivity contribution in [2.45, 2.75) is 31.7 Å². The van der Waals surface area contributed by atoms with Gasteiger partial charge in [-0.2, -0.15) is 0 Å². The summed E-state index contributed by atoms with van der Waals surface area (Å²) in [5.41, 5.74) is 0.392. The number of esters is 1. The SMILES string of the molecule is COC(=O)c1csc(NC2CCCC2)n1. The van der Waals surface area contributed by atoms with E-state index in [0.29, 0.717) is 11.7 Å². The quantitative estimate of drug-likeness (QED) is 0.803. The van der Waals surface area contributed by atoms with Crippen LogP contribution in [0.5, 0.6) is 0 Å². The van der Waals surface area contributed by atoms with Crippen LogP contribution in [0.2, 0.25) is 0 Å². The van der Waals surface area contributed by atoms with Gasteiger partial charge in [-0.3, -0.25) is 0 Å². The van der Waals surface area contributed by atoms with Gasteiger partial charge in [0.25, 0.3) is 0 Å². The molecule has 0 amide bonds. The minimum absolute atomic E-state index is 0.370. The fraction of sp³-hybridized carbons (Fsp3) is 0.600. The molecular formula is C10H14N2O2S. The molecule has 1 heterocycles. The third-order valence-electron chi connectivity index (χ3n) is 2.58. The molecule has 0 unspecified atom stereocenters. The maximum Gasteiger partial charge on any atom is 0.357 e. The molecule has 15 heavy (non-hydrogen) atoms. The van der Waals surface area contributed by atoms with E-state index < -0.39 is 0 Å². The van der Waals surface area contributed by atoms with Crippen LogP contribution in [0.4, 0.5) is 5.13 Å². The molecule has 1 aromatic heterocycles. The lowest BCUT2D eigenvalue weighted by Crippen LogP contribution is -2.14. The number of anilines is 1. The van der Waals surface area contributed by atoms with E-state index in [1.165, 1.54) is 44.1 Å². The van der Waals surface area contributed by atoms with Crippen LogP contribution in [0.25, 0.3) is 0 Å². The van der Waals surface area contributed by atoms with Gasteiger partial charge in [0.15, 0.2) is 10.8 Å². The highest BCUT2D eigenvalue weighted by Gasteiger charge is 2.17. The zero-order valence-electron chi connectivity index (χ0n) is 8.66. The molecule has 1 saturated carbocycles. The van der Waals surface area contributed by atoms with Crippen LogP contribution in [-0.4, -0.2) is 24.1 Å². The molecule has 4 nitrogen and oxygen atoms in total. The normalized spacial score (nSPS) is 16.6. The molecule has 0 spiro atoms. The zero-order chi connectivity index (χ0) is 10.7. The summed E-state index contributed by atoms with van der Waals surface area (Å²) in [5.74, 6) is -0.370. The molecule has 1 N–H and O–H groups in total. The number of aromatic nitrogens is 1. The maximum absolute atomic E-state index is 11.2. The Balaban J connectivity index is 1.97. The standard InChI is InChI=1S/C10H14N2O2S/c1-14-9(13)8-6-15-10(12-8)11-7-4-2-3-5-7/h6-7H,2-5H2,1H3,(H,11,12). The molecule has 1 aromatic rings. The van der Waals surface area contributed by atoms with Crippen molar-refractivity contribution >= 4 is 22.4 Å². The van der Waals surface area contributed by atoms with Crippen LogP contribution >= 0.6 is 11.3 Å². The van der Waals surface area contributed by atoms with Gasteiger partial charge in [0, 0.05) is 11.4 Å². The van der Waals surface area contributed by atoms with Gasteiger partial charge in [-0.25, -0.2) is 9.78 Å². The van der Waals surface area contributed by atoms with E-state index in [4.69, 9.17) is 0 Å². The molecule has 1 aliphatic rings. The van der Waals surface area contributed by atoms with Crippen molar-refractivity contribution in [3.63, 3.8) is 0 Å². The van der Waals surface area contributed by atoms with Gasteiger partial charge >= 0.3 is 5.97 Å². The Morgan fingerprint density at radius 1 is 1.60 bits per heavy atom. The van der Waals surface area contributed by atoms with Gasteiger partial charge in [-0.05, 0) is 12.8 Å². The molecule has 0 aliphatic heterocycles. The molecule has 0 saturated heterocycles. The highest BCUT2D eigenvalue weighted by molar-refractivity contribution is 7.13. The fourth-order valence-corrected chi connectivity index (χ4v) is 2.54. The van der Waals surface area contributed by atoms with Crippen molar-refractivity contribution in [2.24, 2.45) is 0 Å². The third kappa shape index (κ3) is 2.47. The molecular weight excluding hydrogens is 212 g/mol. The Kier molecular flexibility index (Phi) is 3.20. The van der Waals surface area contributed by atoms with Gasteiger partial charge in [-0.1, -0.05) is 12.8 Å². The van der Waals surface area contributed by atoms with Crippen molar-refractivity contribution in [3.8, 4) is 0 Å². The maximum atomic E-state index is 11.2. The Hall–Kier alpha value is -1.10. The molecule has 0 aromatic carbocycles. The lowest BCUT2D eigenvalue weighted by atomic mass is 10.3. The Labute approximate surface area is 92.7 Å². The van der Waals surface area contributed by atoms with E-state index in [1.807, 2.05) is 0 Å². The van der Waals surface area contributed by atoms with Crippen LogP contribution in [-0.2, 0) is 4.74 Å². The summed E-state index contributed by atoms with van der Waals surface area (Å²) >= 11 is 1.46.